The molecule has 0 aromatic heterocycles. The predicted octanol–water partition coefficient (Wildman–Crippen LogP) is 2.30. The highest BCUT2D eigenvalue weighted by molar-refractivity contribution is 6.30. The van der Waals surface area contributed by atoms with Gasteiger partial charge >= 0.3 is 0 Å². The zero-order chi connectivity index (χ0) is 14.4. The standard InChI is InChI=1S/C14H20ClN3O2/c15-11-4-5-12(14(16)17-19)13(10-11)20-9-8-18-6-2-1-3-7-18/h4-5,10,19H,1-3,6-9H2,(H2,16,17). The lowest BCUT2D eigenvalue weighted by molar-refractivity contribution is 0.183. The average Bonchev–Trinajstić information content (AvgIpc) is 2.48. The molecule has 5 nitrogen and oxygen atoms in total. The van der Waals surface area contributed by atoms with Crippen LogP contribution in [0.4, 0.5) is 0 Å². The zero-order valence-corrected chi connectivity index (χ0v) is 12.1. The van der Waals surface area contributed by atoms with Gasteiger partial charge in [-0.25, -0.2) is 0 Å². The molecular weight excluding hydrogens is 278 g/mol. The summed E-state index contributed by atoms with van der Waals surface area (Å²) in [6.07, 6.45) is 3.83. The molecule has 0 radical (unpaired) electrons. The summed E-state index contributed by atoms with van der Waals surface area (Å²) in [5.74, 6) is 0.569. The number of piperidine rings is 1. The molecule has 1 saturated heterocycles. The van der Waals surface area contributed by atoms with Gasteiger partial charge < -0.3 is 15.7 Å². The van der Waals surface area contributed by atoms with Crippen LogP contribution in [-0.4, -0.2) is 42.2 Å². The lowest BCUT2D eigenvalue weighted by Crippen LogP contribution is -2.33. The maximum absolute atomic E-state index is 8.78. The fraction of sp³-hybridized carbons (Fsp3) is 0.500. The third-order valence-corrected chi connectivity index (χ3v) is 3.68. The molecule has 1 aliphatic heterocycles. The molecule has 2 rings (SSSR count). The van der Waals surface area contributed by atoms with Crippen LogP contribution >= 0.6 is 11.6 Å². The third-order valence-electron chi connectivity index (χ3n) is 3.44. The van der Waals surface area contributed by atoms with Crippen molar-refractivity contribution in [1.82, 2.24) is 4.90 Å². The van der Waals surface area contributed by atoms with E-state index in [0.29, 0.717) is 22.9 Å². The van der Waals surface area contributed by atoms with Crippen molar-refractivity contribution in [3.8, 4) is 5.75 Å². The van der Waals surface area contributed by atoms with Crippen LogP contribution in [0, 0.1) is 0 Å². The lowest BCUT2D eigenvalue weighted by Gasteiger charge is -2.26. The molecule has 0 bridgehead atoms. The molecule has 1 aliphatic rings. The third kappa shape index (κ3) is 4.02. The van der Waals surface area contributed by atoms with Crippen LogP contribution in [-0.2, 0) is 0 Å². The number of oxime groups is 1. The Bertz CT molecular complexity index is 473. The molecule has 1 fully saturated rings. The van der Waals surface area contributed by atoms with E-state index in [-0.39, 0.29) is 5.84 Å². The molecule has 0 atom stereocenters. The normalized spacial score (nSPS) is 17.1. The van der Waals surface area contributed by atoms with Gasteiger partial charge in [-0.1, -0.05) is 23.2 Å². The van der Waals surface area contributed by atoms with Crippen molar-refractivity contribution in [2.24, 2.45) is 10.9 Å². The highest BCUT2D eigenvalue weighted by Crippen LogP contribution is 2.23. The number of likely N-dealkylation sites (tertiary alicyclic amines) is 1. The number of halogens is 1. The Hall–Kier alpha value is -1.46. The van der Waals surface area contributed by atoms with E-state index >= 15 is 0 Å². The Kier molecular flexibility index (Phi) is 5.49. The Morgan fingerprint density at radius 2 is 2.10 bits per heavy atom. The summed E-state index contributed by atoms with van der Waals surface area (Å²) in [6, 6.07) is 5.06. The van der Waals surface area contributed by atoms with Crippen molar-refractivity contribution >= 4 is 17.4 Å². The van der Waals surface area contributed by atoms with Gasteiger partial charge in [0.25, 0.3) is 0 Å². The second-order valence-electron chi connectivity index (χ2n) is 4.88. The largest absolute Gasteiger partial charge is 0.491 e. The molecule has 1 aromatic carbocycles. The van der Waals surface area contributed by atoms with Crippen molar-refractivity contribution in [3.05, 3.63) is 28.8 Å². The molecule has 0 unspecified atom stereocenters. The summed E-state index contributed by atoms with van der Waals surface area (Å²) in [5.41, 5.74) is 6.18. The van der Waals surface area contributed by atoms with Crippen molar-refractivity contribution in [1.29, 1.82) is 0 Å². The maximum Gasteiger partial charge on any atom is 0.173 e. The van der Waals surface area contributed by atoms with Gasteiger partial charge in [-0.15, -0.1) is 0 Å². The molecule has 1 aromatic rings. The maximum atomic E-state index is 8.78. The minimum absolute atomic E-state index is 0.0228. The summed E-state index contributed by atoms with van der Waals surface area (Å²) < 4.78 is 5.75. The second-order valence-corrected chi connectivity index (χ2v) is 5.31. The molecule has 20 heavy (non-hydrogen) atoms. The number of hydrogen-bond donors (Lipinski definition) is 2. The minimum Gasteiger partial charge on any atom is -0.491 e. The van der Waals surface area contributed by atoms with Crippen molar-refractivity contribution < 1.29 is 9.94 Å². The molecule has 0 spiro atoms. The van der Waals surface area contributed by atoms with Gasteiger partial charge in [0.2, 0.25) is 0 Å². The second kappa shape index (κ2) is 7.36. The fourth-order valence-corrected chi connectivity index (χ4v) is 2.51. The van der Waals surface area contributed by atoms with Gasteiger partial charge in [-0.2, -0.15) is 0 Å². The Balaban J connectivity index is 1.95. The first-order valence-corrected chi connectivity index (χ1v) is 7.21. The molecule has 0 aliphatic carbocycles. The topological polar surface area (TPSA) is 71.1 Å². The summed E-state index contributed by atoms with van der Waals surface area (Å²) in [7, 11) is 0. The van der Waals surface area contributed by atoms with Crippen molar-refractivity contribution in [2.45, 2.75) is 19.3 Å². The average molecular weight is 298 g/mol. The number of rotatable bonds is 5. The summed E-state index contributed by atoms with van der Waals surface area (Å²) in [4.78, 5) is 2.39. The van der Waals surface area contributed by atoms with E-state index in [2.05, 4.69) is 10.1 Å². The number of nitrogens with two attached hydrogens (primary N) is 1. The first-order valence-electron chi connectivity index (χ1n) is 6.83. The first-order chi connectivity index (χ1) is 9.70. The van der Waals surface area contributed by atoms with Crippen LogP contribution in [0.25, 0.3) is 0 Å². The van der Waals surface area contributed by atoms with E-state index in [1.165, 1.54) is 19.3 Å². The molecule has 0 saturated carbocycles. The Morgan fingerprint density at radius 3 is 2.80 bits per heavy atom. The molecule has 0 amide bonds. The quantitative estimate of drug-likeness (QED) is 0.379. The van der Waals surface area contributed by atoms with Crippen molar-refractivity contribution in [3.63, 3.8) is 0 Å². The Morgan fingerprint density at radius 1 is 1.35 bits per heavy atom. The zero-order valence-electron chi connectivity index (χ0n) is 11.4. The highest BCUT2D eigenvalue weighted by Gasteiger charge is 2.12. The Labute approximate surface area is 124 Å². The monoisotopic (exact) mass is 297 g/mol. The van der Waals surface area contributed by atoms with E-state index in [1.807, 2.05) is 0 Å². The first kappa shape index (κ1) is 14.9. The number of nitrogens with zero attached hydrogens (tertiary/aromatic N) is 2. The SMILES string of the molecule is NC(=NO)c1ccc(Cl)cc1OCCN1CCCCC1. The predicted molar refractivity (Wildman–Crippen MR) is 79.7 cm³/mol. The highest BCUT2D eigenvalue weighted by atomic mass is 35.5. The molecule has 6 heteroatoms. The van der Waals surface area contributed by atoms with Gasteiger partial charge in [0.05, 0.1) is 5.56 Å². The van der Waals surface area contributed by atoms with Crippen LogP contribution in [0.3, 0.4) is 0 Å². The fourth-order valence-electron chi connectivity index (χ4n) is 2.35. The summed E-state index contributed by atoms with van der Waals surface area (Å²) in [5, 5.41) is 12.3. The molecule has 3 N–H and O–H groups in total. The summed E-state index contributed by atoms with van der Waals surface area (Å²) >= 11 is 5.96. The van der Waals surface area contributed by atoms with Gasteiger partial charge in [-0.3, -0.25) is 4.90 Å². The minimum atomic E-state index is 0.0228. The van der Waals surface area contributed by atoms with E-state index in [9.17, 15) is 0 Å². The molecule has 110 valence electrons. The number of amidine groups is 1. The van der Waals surface area contributed by atoms with Crippen molar-refractivity contribution in [2.75, 3.05) is 26.2 Å². The van der Waals surface area contributed by atoms with Gasteiger partial charge in [0.1, 0.15) is 12.4 Å². The number of hydrogen-bond acceptors (Lipinski definition) is 4. The van der Waals surface area contributed by atoms with E-state index in [4.69, 9.17) is 27.3 Å². The van der Waals surface area contributed by atoms with Crippen LogP contribution in [0.1, 0.15) is 24.8 Å². The van der Waals surface area contributed by atoms with Crippen LogP contribution in [0.15, 0.2) is 23.4 Å². The summed E-state index contributed by atoms with van der Waals surface area (Å²) in [6.45, 7) is 3.70. The van der Waals surface area contributed by atoms with E-state index < -0.39 is 0 Å². The smallest absolute Gasteiger partial charge is 0.173 e. The van der Waals surface area contributed by atoms with E-state index in [1.54, 1.807) is 18.2 Å². The molecular formula is C14H20ClN3O2. The van der Waals surface area contributed by atoms with Crippen LogP contribution in [0.5, 0.6) is 5.75 Å². The molecule has 1 heterocycles. The van der Waals surface area contributed by atoms with Crippen LogP contribution in [0.2, 0.25) is 5.02 Å². The van der Waals surface area contributed by atoms with Gasteiger partial charge in [0, 0.05) is 11.6 Å². The lowest BCUT2D eigenvalue weighted by atomic mass is 10.1. The number of benzene rings is 1. The van der Waals surface area contributed by atoms with Gasteiger partial charge in [0.15, 0.2) is 5.84 Å². The van der Waals surface area contributed by atoms with E-state index in [0.717, 1.165) is 19.6 Å². The number of ether oxygens (including phenoxy) is 1. The van der Waals surface area contributed by atoms with Gasteiger partial charge in [-0.05, 0) is 44.1 Å². The van der Waals surface area contributed by atoms with Crippen LogP contribution < -0.4 is 10.5 Å².